The van der Waals surface area contributed by atoms with Gasteiger partial charge < -0.3 is 19.3 Å². The van der Waals surface area contributed by atoms with E-state index in [0.717, 1.165) is 44.9 Å². The molecule has 0 radical (unpaired) electrons. The molecular formula is C40H79O7P. The van der Waals surface area contributed by atoms with Gasteiger partial charge in [0, 0.05) is 13.0 Å². The fourth-order valence-corrected chi connectivity index (χ4v) is 6.39. The summed E-state index contributed by atoms with van der Waals surface area (Å²) < 4.78 is 27.0. The van der Waals surface area contributed by atoms with E-state index in [9.17, 15) is 9.36 Å². The summed E-state index contributed by atoms with van der Waals surface area (Å²) >= 11 is 0. The molecule has 0 saturated carbocycles. The Hall–Kier alpha value is -0.720. The summed E-state index contributed by atoms with van der Waals surface area (Å²) in [5.74, 6) is -0.367. The Bertz CT molecular complexity index is 739. The minimum Gasteiger partial charge on any atom is -0.457 e. The van der Waals surface area contributed by atoms with E-state index in [2.05, 4.69) is 30.5 Å². The number of unbranched alkanes of at least 4 members (excludes halogenated alkanes) is 27. The van der Waals surface area contributed by atoms with Crippen molar-refractivity contribution in [3.63, 3.8) is 0 Å². The summed E-state index contributed by atoms with van der Waals surface area (Å²) in [6, 6.07) is 0. The van der Waals surface area contributed by atoms with Crippen molar-refractivity contribution in [2.45, 2.75) is 219 Å². The van der Waals surface area contributed by atoms with Crippen molar-refractivity contribution in [1.29, 1.82) is 0 Å². The van der Waals surface area contributed by atoms with E-state index < -0.39 is 13.9 Å². The fraction of sp³-hybridized carbons (Fsp3) is 0.925. The van der Waals surface area contributed by atoms with Crippen LogP contribution in [0.1, 0.15) is 213 Å². The molecule has 48 heavy (non-hydrogen) atoms. The van der Waals surface area contributed by atoms with Crippen molar-refractivity contribution in [3.8, 4) is 0 Å². The highest BCUT2D eigenvalue weighted by atomic mass is 31.2. The van der Waals surface area contributed by atoms with Crippen molar-refractivity contribution < 1.29 is 33.1 Å². The minimum atomic E-state index is -4.65. The summed E-state index contributed by atoms with van der Waals surface area (Å²) in [6.07, 6.45) is 42.0. The molecule has 0 aromatic rings. The molecule has 0 saturated heterocycles. The molecule has 0 aliphatic heterocycles. The van der Waals surface area contributed by atoms with Crippen LogP contribution in [0.2, 0.25) is 0 Å². The summed E-state index contributed by atoms with van der Waals surface area (Å²) in [6.45, 7) is 4.77. The fourth-order valence-electron chi connectivity index (χ4n) is 6.03. The smallest absolute Gasteiger partial charge is 0.457 e. The number of esters is 1. The molecule has 0 aliphatic carbocycles. The average Bonchev–Trinajstić information content (AvgIpc) is 3.06. The zero-order valence-corrected chi connectivity index (χ0v) is 32.6. The minimum absolute atomic E-state index is 0.0803. The Kier molecular flexibility index (Phi) is 37.0. The molecule has 286 valence electrons. The van der Waals surface area contributed by atoms with E-state index in [1.54, 1.807) is 0 Å². The number of rotatable bonds is 39. The topological polar surface area (TPSA) is 102 Å². The highest BCUT2D eigenvalue weighted by molar-refractivity contribution is 7.46. The molecule has 0 aromatic carbocycles. The third-order valence-electron chi connectivity index (χ3n) is 9.07. The van der Waals surface area contributed by atoms with Crippen LogP contribution in [-0.4, -0.2) is 41.7 Å². The van der Waals surface area contributed by atoms with Gasteiger partial charge in [-0.3, -0.25) is 9.32 Å². The highest BCUT2D eigenvalue weighted by Gasteiger charge is 2.21. The van der Waals surface area contributed by atoms with Gasteiger partial charge in [-0.2, -0.15) is 0 Å². The first-order valence-corrected chi connectivity index (χ1v) is 22.0. The van der Waals surface area contributed by atoms with Crippen LogP contribution < -0.4 is 0 Å². The van der Waals surface area contributed by atoms with Gasteiger partial charge in [0.05, 0.1) is 13.2 Å². The first-order chi connectivity index (χ1) is 23.4. The van der Waals surface area contributed by atoms with Gasteiger partial charge in [-0.1, -0.05) is 180 Å². The first-order valence-electron chi connectivity index (χ1n) is 20.5. The lowest BCUT2D eigenvalue weighted by Crippen LogP contribution is -2.28. The normalized spacial score (nSPS) is 12.7. The van der Waals surface area contributed by atoms with Crippen LogP contribution in [0, 0.1) is 0 Å². The summed E-state index contributed by atoms with van der Waals surface area (Å²) in [4.78, 5) is 30.6. The van der Waals surface area contributed by atoms with Crippen LogP contribution >= 0.6 is 7.82 Å². The Morgan fingerprint density at radius 2 is 0.917 bits per heavy atom. The van der Waals surface area contributed by atoms with Crippen molar-refractivity contribution in [2.24, 2.45) is 0 Å². The lowest BCUT2D eigenvalue weighted by atomic mass is 10.0. The molecule has 1 atom stereocenters. The zero-order chi connectivity index (χ0) is 35.2. The van der Waals surface area contributed by atoms with E-state index >= 15 is 0 Å². The average molecular weight is 703 g/mol. The summed E-state index contributed by atoms with van der Waals surface area (Å²) in [5.41, 5.74) is 0. The second-order valence-electron chi connectivity index (χ2n) is 14.0. The second-order valence-corrected chi connectivity index (χ2v) is 15.2. The lowest BCUT2D eigenvalue weighted by molar-refractivity contribution is -0.154. The maximum Gasteiger partial charge on any atom is 0.469 e. The monoisotopic (exact) mass is 703 g/mol. The largest absolute Gasteiger partial charge is 0.469 e. The van der Waals surface area contributed by atoms with Gasteiger partial charge in [-0.25, -0.2) is 4.57 Å². The van der Waals surface area contributed by atoms with Gasteiger partial charge in [0.1, 0.15) is 6.10 Å². The van der Waals surface area contributed by atoms with Crippen molar-refractivity contribution >= 4 is 13.8 Å². The van der Waals surface area contributed by atoms with Crippen molar-refractivity contribution in [1.82, 2.24) is 0 Å². The number of ether oxygens (including phenoxy) is 2. The van der Waals surface area contributed by atoms with Crippen LogP contribution in [0.4, 0.5) is 0 Å². The molecule has 0 aromatic heterocycles. The maximum absolute atomic E-state index is 12.4. The number of allylic oxidation sites excluding steroid dienone is 2. The Balaban J connectivity index is 3.78. The number of phosphoric ester groups is 1. The van der Waals surface area contributed by atoms with E-state index in [1.165, 1.54) is 148 Å². The van der Waals surface area contributed by atoms with Crippen LogP contribution in [0.3, 0.4) is 0 Å². The summed E-state index contributed by atoms with van der Waals surface area (Å²) in [7, 11) is -4.65. The second kappa shape index (κ2) is 37.5. The van der Waals surface area contributed by atoms with Gasteiger partial charge in [0.15, 0.2) is 0 Å². The predicted octanol–water partition coefficient (Wildman–Crippen LogP) is 12.7. The standard InChI is InChI=1S/C40H79O7P/c1-3-5-7-9-11-13-15-17-19-21-23-25-27-29-31-33-35-40(41)47-39(38-46-48(42,43)44)37-45-36-34-32-30-28-26-24-22-20-18-16-14-12-10-8-6-4-2/h19,21,39H,3-18,20,22-38H2,1-2H3,(H2,42,43,44)/b21-19-/t39-/m1/s1. The first kappa shape index (κ1) is 47.3. The molecular weight excluding hydrogens is 623 g/mol. The molecule has 8 heteroatoms. The lowest BCUT2D eigenvalue weighted by Gasteiger charge is -2.18. The number of carbonyl (C=O) groups excluding carboxylic acids is 1. The molecule has 0 spiro atoms. The number of phosphoric acid groups is 1. The van der Waals surface area contributed by atoms with Gasteiger partial charge in [-0.05, 0) is 38.5 Å². The van der Waals surface area contributed by atoms with Gasteiger partial charge in [0.25, 0.3) is 0 Å². The Labute approximate surface area is 297 Å². The van der Waals surface area contributed by atoms with Crippen LogP contribution in [0.25, 0.3) is 0 Å². The number of carbonyl (C=O) groups is 1. The maximum atomic E-state index is 12.4. The quantitative estimate of drug-likeness (QED) is 0.0284. The predicted molar refractivity (Wildman–Crippen MR) is 202 cm³/mol. The summed E-state index contributed by atoms with van der Waals surface area (Å²) in [5, 5.41) is 0. The van der Waals surface area contributed by atoms with E-state index in [0.29, 0.717) is 13.0 Å². The zero-order valence-electron chi connectivity index (χ0n) is 31.7. The van der Waals surface area contributed by atoms with Gasteiger partial charge >= 0.3 is 13.8 Å². The SMILES string of the molecule is CCCCCCCCC/C=C\CCCCCCCC(=O)O[C@H](COCCCCCCCCCCCCCCCCCC)COP(=O)(O)O. The third kappa shape index (κ3) is 39.7. The highest BCUT2D eigenvalue weighted by Crippen LogP contribution is 2.36. The molecule has 0 bridgehead atoms. The molecule has 0 fully saturated rings. The van der Waals surface area contributed by atoms with Crippen LogP contribution in [0.15, 0.2) is 12.2 Å². The molecule has 0 unspecified atom stereocenters. The van der Waals surface area contributed by atoms with E-state index in [4.69, 9.17) is 19.3 Å². The van der Waals surface area contributed by atoms with Crippen molar-refractivity contribution in [3.05, 3.63) is 12.2 Å². The molecule has 2 N–H and O–H groups in total. The Morgan fingerprint density at radius 3 is 1.33 bits per heavy atom. The molecule has 0 rings (SSSR count). The molecule has 0 amide bonds. The van der Waals surface area contributed by atoms with Gasteiger partial charge in [0.2, 0.25) is 0 Å². The number of hydrogen-bond acceptors (Lipinski definition) is 5. The van der Waals surface area contributed by atoms with E-state index in [1.807, 2.05) is 0 Å². The molecule has 7 nitrogen and oxygen atoms in total. The molecule has 0 aliphatic rings. The molecule has 0 heterocycles. The van der Waals surface area contributed by atoms with Crippen molar-refractivity contribution in [2.75, 3.05) is 19.8 Å². The van der Waals surface area contributed by atoms with Crippen LogP contribution in [-0.2, 0) is 23.4 Å². The Morgan fingerprint density at radius 1 is 0.542 bits per heavy atom. The van der Waals surface area contributed by atoms with E-state index in [-0.39, 0.29) is 19.2 Å². The number of hydrogen-bond donors (Lipinski definition) is 2. The van der Waals surface area contributed by atoms with Crippen LogP contribution in [0.5, 0.6) is 0 Å². The van der Waals surface area contributed by atoms with Gasteiger partial charge in [-0.15, -0.1) is 0 Å². The third-order valence-corrected chi connectivity index (χ3v) is 9.55.